The molecule has 1 aromatic heterocycles. The summed E-state index contributed by atoms with van der Waals surface area (Å²) in [6, 6.07) is 3.85. The van der Waals surface area contributed by atoms with Crippen molar-refractivity contribution in [1.29, 1.82) is 0 Å². The van der Waals surface area contributed by atoms with E-state index in [1.165, 1.54) is 0 Å². The van der Waals surface area contributed by atoms with Crippen LogP contribution in [0, 0.1) is 0 Å². The van der Waals surface area contributed by atoms with Crippen molar-refractivity contribution in [2.24, 2.45) is 5.10 Å². The van der Waals surface area contributed by atoms with Gasteiger partial charge in [-0.05, 0) is 28.5 Å². The summed E-state index contributed by atoms with van der Waals surface area (Å²) in [7, 11) is 0. The molecule has 2 rings (SSSR count). The average molecular weight is 400 g/mol. The number of phenols is 1. The van der Waals surface area contributed by atoms with Crippen LogP contribution in [0.5, 0.6) is 5.75 Å². The largest absolute Gasteiger partial charge is 0.507 e. The number of aromatic amines is 1. The first kappa shape index (κ1) is 22.6. The summed E-state index contributed by atoms with van der Waals surface area (Å²) in [5.74, 6) is 0.494. The molecule has 0 aliphatic rings. The third-order valence-corrected chi connectivity index (χ3v) is 4.54. The molecule has 0 saturated carbocycles. The van der Waals surface area contributed by atoms with Crippen molar-refractivity contribution >= 4 is 12.2 Å². The lowest BCUT2D eigenvalue weighted by molar-refractivity contribution is 0.423. The van der Waals surface area contributed by atoms with Crippen molar-refractivity contribution in [2.45, 2.75) is 78.6 Å². The highest BCUT2D eigenvalue weighted by Crippen LogP contribution is 2.39. The van der Waals surface area contributed by atoms with Crippen molar-refractivity contribution in [3.05, 3.63) is 44.9 Å². The maximum atomic E-state index is 12.2. The second-order valence-electron chi connectivity index (χ2n) is 10.4. The summed E-state index contributed by atoms with van der Waals surface area (Å²) >= 11 is 0. The third kappa shape index (κ3) is 5.43. The van der Waals surface area contributed by atoms with Gasteiger partial charge in [-0.1, -0.05) is 62.3 Å². The van der Waals surface area contributed by atoms with Crippen LogP contribution in [0.3, 0.4) is 0 Å². The van der Waals surface area contributed by atoms with E-state index in [9.17, 15) is 9.90 Å². The predicted molar refractivity (Wildman–Crippen MR) is 118 cm³/mol. The van der Waals surface area contributed by atoms with Crippen molar-refractivity contribution in [3.63, 3.8) is 0 Å². The Labute approximate surface area is 172 Å². The van der Waals surface area contributed by atoms with E-state index in [-0.39, 0.29) is 27.8 Å². The minimum absolute atomic E-state index is 0.171. The highest BCUT2D eigenvalue weighted by atomic mass is 16.3. The first-order chi connectivity index (χ1) is 13.1. The molecule has 1 aromatic carbocycles. The Morgan fingerprint density at radius 3 is 1.86 bits per heavy atom. The molecule has 29 heavy (non-hydrogen) atoms. The van der Waals surface area contributed by atoms with Gasteiger partial charge in [0.1, 0.15) is 11.4 Å². The summed E-state index contributed by atoms with van der Waals surface area (Å²) in [6.07, 6.45) is 1.64. The number of hydrogen-bond donors (Lipinski definition) is 3. The third-order valence-electron chi connectivity index (χ3n) is 4.54. The average Bonchev–Trinajstić information content (AvgIpc) is 2.52. The monoisotopic (exact) mass is 399 g/mol. The zero-order valence-electron chi connectivity index (χ0n) is 18.9. The number of rotatable bonds is 3. The molecular formula is C22H33N5O2. The highest BCUT2D eigenvalue weighted by molar-refractivity contribution is 5.82. The van der Waals surface area contributed by atoms with Crippen LogP contribution < -0.4 is 11.0 Å². The lowest BCUT2D eigenvalue weighted by Gasteiger charge is -2.27. The van der Waals surface area contributed by atoms with Crippen LogP contribution in [0.15, 0.2) is 22.0 Å². The predicted octanol–water partition coefficient (Wildman–Crippen LogP) is 4.21. The van der Waals surface area contributed by atoms with Crippen molar-refractivity contribution < 1.29 is 5.11 Å². The van der Waals surface area contributed by atoms with Gasteiger partial charge in [0.05, 0.1) is 6.21 Å². The van der Waals surface area contributed by atoms with Crippen LogP contribution in [0.4, 0.5) is 5.95 Å². The Bertz CT molecular complexity index is 935. The van der Waals surface area contributed by atoms with Gasteiger partial charge in [0.15, 0.2) is 0 Å². The number of phenolic OH excluding ortho intramolecular Hbond substituents is 1. The molecule has 0 unspecified atom stereocenters. The van der Waals surface area contributed by atoms with Crippen molar-refractivity contribution in [1.82, 2.24) is 15.2 Å². The van der Waals surface area contributed by atoms with E-state index in [0.29, 0.717) is 11.4 Å². The lowest BCUT2D eigenvalue weighted by atomic mass is 9.78. The van der Waals surface area contributed by atoms with Gasteiger partial charge >= 0.3 is 0 Å². The number of nitrogens with one attached hydrogen (secondary N) is 2. The van der Waals surface area contributed by atoms with Crippen LogP contribution in [0.1, 0.15) is 84.7 Å². The molecule has 0 amide bonds. The standard InChI is InChI=1S/C22H33N5O2/c1-20(2,3)14-10-13(11-15(16(14)28)21(4,5)6)12-23-26-19-24-18(29)17(25-27-19)22(7,8)9/h10-12,28H,1-9H3,(H2,24,26,27,29)/b23-12+. The Balaban J connectivity index is 2.36. The van der Waals surface area contributed by atoms with Gasteiger partial charge in [0.25, 0.3) is 5.56 Å². The molecule has 0 aliphatic carbocycles. The summed E-state index contributed by atoms with van der Waals surface area (Å²) in [4.78, 5) is 14.8. The molecule has 0 atom stereocenters. The first-order valence-electron chi connectivity index (χ1n) is 9.75. The number of nitrogens with zero attached hydrogens (tertiary/aromatic N) is 3. The Hall–Kier alpha value is -2.70. The van der Waals surface area contributed by atoms with E-state index >= 15 is 0 Å². The lowest BCUT2D eigenvalue weighted by Crippen LogP contribution is -2.28. The van der Waals surface area contributed by atoms with Gasteiger partial charge in [-0.2, -0.15) is 5.10 Å². The number of benzene rings is 1. The second-order valence-corrected chi connectivity index (χ2v) is 10.4. The van der Waals surface area contributed by atoms with Crippen LogP contribution in [-0.4, -0.2) is 26.5 Å². The molecule has 158 valence electrons. The second kappa shape index (κ2) is 7.61. The minimum atomic E-state index is -0.388. The molecule has 0 radical (unpaired) electrons. The fourth-order valence-corrected chi connectivity index (χ4v) is 2.92. The van der Waals surface area contributed by atoms with Crippen LogP contribution in [0.2, 0.25) is 0 Å². The number of hydrazone groups is 1. The molecule has 1 heterocycles. The fourth-order valence-electron chi connectivity index (χ4n) is 2.92. The molecule has 0 spiro atoms. The number of aromatic nitrogens is 3. The van der Waals surface area contributed by atoms with Gasteiger partial charge < -0.3 is 5.11 Å². The SMILES string of the molecule is CC(C)(C)c1cc(/C=N/Nc2nnc(C(C)(C)C)c(=O)[nH]2)cc(C(C)(C)C)c1O. The van der Waals surface area contributed by atoms with E-state index < -0.39 is 0 Å². The minimum Gasteiger partial charge on any atom is -0.507 e. The molecule has 7 nitrogen and oxygen atoms in total. The number of H-pyrrole nitrogens is 1. The summed E-state index contributed by atoms with van der Waals surface area (Å²) < 4.78 is 0. The summed E-state index contributed by atoms with van der Waals surface area (Å²) in [6.45, 7) is 18.1. The molecule has 3 N–H and O–H groups in total. The normalized spacial score (nSPS) is 13.1. The van der Waals surface area contributed by atoms with Gasteiger partial charge in [-0.3, -0.25) is 9.78 Å². The Morgan fingerprint density at radius 2 is 1.45 bits per heavy atom. The van der Waals surface area contributed by atoms with E-state index in [4.69, 9.17) is 0 Å². The smallest absolute Gasteiger partial charge is 0.274 e. The van der Waals surface area contributed by atoms with Crippen LogP contribution in [-0.2, 0) is 16.2 Å². The molecule has 2 aromatic rings. The first-order valence-corrected chi connectivity index (χ1v) is 9.75. The molecule has 0 saturated heterocycles. The summed E-state index contributed by atoms with van der Waals surface area (Å²) in [5, 5.41) is 23.0. The molecule has 7 heteroatoms. The molecule has 0 fully saturated rings. The topological polar surface area (TPSA) is 103 Å². The van der Waals surface area contributed by atoms with Gasteiger partial charge in [0, 0.05) is 16.5 Å². The van der Waals surface area contributed by atoms with Crippen molar-refractivity contribution in [3.8, 4) is 5.75 Å². The van der Waals surface area contributed by atoms with Gasteiger partial charge in [0.2, 0.25) is 5.95 Å². The Morgan fingerprint density at radius 1 is 0.931 bits per heavy atom. The Kier molecular flexibility index (Phi) is 5.93. The zero-order chi connectivity index (χ0) is 22.2. The quantitative estimate of drug-likeness (QED) is 0.530. The van der Waals surface area contributed by atoms with E-state index in [2.05, 4.69) is 67.3 Å². The molecule has 0 bridgehead atoms. The number of aromatic hydroxyl groups is 1. The molecule has 0 aliphatic heterocycles. The van der Waals surface area contributed by atoms with Crippen molar-refractivity contribution in [2.75, 3.05) is 5.43 Å². The van der Waals surface area contributed by atoms with E-state index in [0.717, 1.165) is 16.7 Å². The van der Waals surface area contributed by atoms with Gasteiger partial charge in [-0.15, -0.1) is 10.2 Å². The van der Waals surface area contributed by atoms with Gasteiger partial charge in [-0.25, -0.2) is 5.43 Å². The summed E-state index contributed by atoms with van der Waals surface area (Å²) in [5.41, 5.74) is 4.52. The molecular weight excluding hydrogens is 366 g/mol. The van der Waals surface area contributed by atoms with Crippen LogP contribution >= 0.6 is 0 Å². The fraction of sp³-hybridized carbons (Fsp3) is 0.545. The zero-order valence-corrected chi connectivity index (χ0v) is 18.9. The maximum absolute atomic E-state index is 12.2. The van der Waals surface area contributed by atoms with E-state index in [1.54, 1.807) is 6.21 Å². The van der Waals surface area contributed by atoms with Crippen LogP contribution in [0.25, 0.3) is 0 Å². The van der Waals surface area contributed by atoms with E-state index in [1.807, 2.05) is 32.9 Å². The maximum Gasteiger partial charge on any atom is 0.274 e. The number of hydrogen-bond acceptors (Lipinski definition) is 6. The number of anilines is 1. The highest BCUT2D eigenvalue weighted by Gasteiger charge is 2.26.